The van der Waals surface area contributed by atoms with Crippen LogP contribution in [0.2, 0.25) is 0 Å². The molecule has 0 bridgehead atoms. The molecule has 33 heavy (non-hydrogen) atoms. The number of aromatic nitrogens is 3. The van der Waals surface area contributed by atoms with Crippen LogP contribution in [0.4, 0.5) is 5.69 Å². The molecule has 0 spiro atoms. The molecule has 1 atom stereocenters. The van der Waals surface area contributed by atoms with Crippen LogP contribution < -0.4 is 25.0 Å². The van der Waals surface area contributed by atoms with Crippen LogP contribution in [-0.4, -0.2) is 60.6 Å². The monoisotopic (exact) mass is 449 g/mol. The van der Waals surface area contributed by atoms with Crippen molar-refractivity contribution in [3.63, 3.8) is 0 Å². The molecule has 0 amide bonds. The molecule has 2 N–H and O–H groups in total. The van der Waals surface area contributed by atoms with Crippen molar-refractivity contribution in [3.05, 3.63) is 60.7 Å². The van der Waals surface area contributed by atoms with Crippen LogP contribution in [0.15, 0.2) is 60.1 Å². The number of nitrogens with one attached hydrogen (secondary N) is 2. The first-order chi connectivity index (χ1) is 16.2. The molecule has 9 heteroatoms. The molecule has 2 heterocycles. The Bertz CT molecular complexity index is 1030. The molecule has 0 radical (unpaired) electrons. The molecule has 1 aliphatic heterocycles. The molecule has 1 fully saturated rings. The van der Waals surface area contributed by atoms with Gasteiger partial charge in [-0.25, -0.2) is 14.7 Å². The average Bonchev–Trinajstić information content (AvgIpc) is 3.55. The maximum absolute atomic E-state index is 5.42. The van der Waals surface area contributed by atoms with Gasteiger partial charge in [0.1, 0.15) is 24.2 Å². The lowest BCUT2D eigenvalue weighted by atomic mass is 10.2. The second-order valence-corrected chi connectivity index (χ2v) is 7.85. The van der Waals surface area contributed by atoms with E-state index >= 15 is 0 Å². The summed E-state index contributed by atoms with van der Waals surface area (Å²) < 4.78 is 12.6. The number of ether oxygens (including phenoxy) is 2. The van der Waals surface area contributed by atoms with Gasteiger partial charge in [0.15, 0.2) is 5.96 Å². The standard InChI is InChI=1S/C24H31N7O2/c1-4-26-24(27-14-18-5-7-20(8-6-18)31-17-25-16-28-31)29-19-9-10-30(15-19)21-11-22(32-2)13-23(12-21)33-3/h5-8,11-13,16-17,19H,4,9-10,14-15H2,1-3H3,(H2,26,27,29). The Balaban J connectivity index is 1.37. The summed E-state index contributed by atoms with van der Waals surface area (Å²) in [6.07, 6.45) is 4.24. The van der Waals surface area contributed by atoms with Crippen molar-refractivity contribution < 1.29 is 9.47 Å². The van der Waals surface area contributed by atoms with Crippen molar-refractivity contribution in [2.75, 3.05) is 38.8 Å². The van der Waals surface area contributed by atoms with Crippen molar-refractivity contribution in [1.29, 1.82) is 0 Å². The van der Waals surface area contributed by atoms with E-state index in [2.05, 4.69) is 44.7 Å². The van der Waals surface area contributed by atoms with Gasteiger partial charge in [0.05, 0.1) is 26.5 Å². The number of benzene rings is 2. The lowest BCUT2D eigenvalue weighted by Gasteiger charge is -2.21. The van der Waals surface area contributed by atoms with Gasteiger partial charge in [0.25, 0.3) is 0 Å². The van der Waals surface area contributed by atoms with Gasteiger partial charge in [-0.2, -0.15) is 5.10 Å². The summed E-state index contributed by atoms with van der Waals surface area (Å²) >= 11 is 0. The van der Waals surface area contributed by atoms with E-state index in [1.54, 1.807) is 25.2 Å². The fourth-order valence-corrected chi connectivity index (χ4v) is 3.87. The maximum Gasteiger partial charge on any atom is 0.191 e. The molecule has 1 aliphatic rings. The van der Waals surface area contributed by atoms with Crippen LogP contribution in [0.5, 0.6) is 11.5 Å². The van der Waals surface area contributed by atoms with Crippen LogP contribution in [0, 0.1) is 0 Å². The summed E-state index contributed by atoms with van der Waals surface area (Å²) in [5.74, 6) is 2.42. The summed E-state index contributed by atoms with van der Waals surface area (Å²) in [5.41, 5.74) is 3.21. The Morgan fingerprint density at radius 1 is 1.09 bits per heavy atom. The van der Waals surface area contributed by atoms with Gasteiger partial charge < -0.3 is 25.0 Å². The molecule has 0 aliphatic carbocycles. The first kappa shape index (κ1) is 22.4. The van der Waals surface area contributed by atoms with Crippen LogP contribution in [0.3, 0.4) is 0 Å². The SMILES string of the molecule is CCNC(=NCc1ccc(-n2cncn2)cc1)NC1CCN(c2cc(OC)cc(OC)c2)C1. The molecule has 1 saturated heterocycles. The molecular formula is C24H31N7O2. The number of nitrogens with zero attached hydrogens (tertiary/aromatic N) is 5. The number of rotatable bonds is 8. The third-order valence-corrected chi connectivity index (χ3v) is 5.61. The molecule has 2 aromatic carbocycles. The second kappa shape index (κ2) is 10.7. The number of guanidine groups is 1. The van der Waals surface area contributed by atoms with Crippen LogP contribution in [-0.2, 0) is 6.54 Å². The zero-order valence-corrected chi connectivity index (χ0v) is 19.4. The van der Waals surface area contributed by atoms with Gasteiger partial charge >= 0.3 is 0 Å². The van der Waals surface area contributed by atoms with Gasteiger partial charge in [-0.1, -0.05) is 12.1 Å². The fraction of sp³-hybridized carbons (Fsp3) is 0.375. The largest absolute Gasteiger partial charge is 0.497 e. The second-order valence-electron chi connectivity index (χ2n) is 7.85. The Labute approximate surface area is 194 Å². The third kappa shape index (κ3) is 5.74. The molecule has 9 nitrogen and oxygen atoms in total. The zero-order chi connectivity index (χ0) is 23.0. The quantitative estimate of drug-likeness (QED) is 0.404. The molecule has 4 rings (SSSR count). The van der Waals surface area contributed by atoms with E-state index in [1.165, 1.54) is 6.33 Å². The highest BCUT2D eigenvalue weighted by Crippen LogP contribution is 2.30. The predicted octanol–water partition coefficient (Wildman–Crippen LogP) is 2.62. The molecule has 1 aromatic heterocycles. The van der Waals surface area contributed by atoms with E-state index in [0.717, 1.165) is 60.5 Å². The highest BCUT2D eigenvalue weighted by molar-refractivity contribution is 5.80. The Hall–Kier alpha value is -3.75. The molecule has 174 valence electrons. The van der Waals surface area contributed by atoms with Gasteiger partial charge in [-0.05, 0) is 31.0 Å². The minimum absolute atomic E-state index is 0.301. The van der Waals surface area contributed by atoms with E-state index in [1.807, 2.05) is 30.3 Å². The van der Waals surface area contributed by atoms with E-state index < -0.39 is 0 Å². The average molecular weight is 450 g/mol. The first-order valence-corrected chi connectivity index (χ1v) is 11.1. The van der Waals surface area contributed by atoms with Crippen molar-refractivity contribution in [1.82, 2.24) is 25.4 Å². The normalized spacial score (nSPS) is 16.0. The number of anilines is 1. The van der Waals surface area contributed by atoms with Crippen molar-refractivity contribution >= 4 is 11.6 Å². The Kier molecular flexibility index (Phi) is 7.29. The lowest BCUT2D eigenvalue weighted by molar-refractivity contribution is 0.394. The minimum atomic E-state index is 0.301. The van der Waals surface area contributed by atoms with Gasteiger partial charge in [-0.3, -0.25) is 0 Å². The summed E-state index contributed by atoms with van der Waals surface area (Å²) in [6, 6.07) is 14.5. The lowest BCUT2D eigenvalue weighted by Crippen LogP contribution is -2.44. The summed E-state index contributed by atoms with van der Waals surface area (Å²) in [7, 11) is 3.35. The Morgan fingerprint density at radius 2 is 1.85 bits per heavy atom. The summed E-state index contributed by atoms with van der Waals surface area (Å²) in [4.78, 5) is 11.1. The van der Waals surface area contributed by atoms with Gasteiger partial charge in [0.2, 0.25) is 0 Å². The third-order valence-electron chi connectivity index (χ3n) is 5.61. The minimum Gasteiger partial charge on any atom is -0.497 e. The number of hydrogen-bond acceptors (Lipinski definition) is 6. The maximum atomic E-state index is 5.42. The van der Waals surface area contributed by atoms with E-state index in [0.29, 0.717) is 12.6 Å². The number of aliphatic imine (C=N–C) groups is 1. The van der Waals surface area contributed by atoms with Crippen LogP contribution >= 0.6 is 0 Å². The number of hydrogen-bond donors (Lipinski definition) is 2. The predicted molar refractivity (Wildman–Crippen MR) is 129 cm³/mol. The first-order valence-electron chi connectivity index (χ1n) is 11.1. The zero-order valence-electron chi connectivity index (χ0n) is 19.4. The van der Waals surface area contributed by atoms with E-state index in [9.17, 15) is 0 Å². The molecular weight excluding hydrogens is 418 g/mol. The van der Waals surface area contributed by atoms with Gasteiger partial charge in [0, 0.05) is 49.6 Å². The van der Waals surface area contributed by atoms with Gasteiger partial charge in [-0.15, -0.1) is 0 Å². The summed E-state index contributed by atoms with van der Waals surface area (Å²) in [6.45, 7) is 5.31. The fourth-order valence-electron chi connectivity index (χ4n) is 3.87. The van der Waals surface area contributed by atoms with Crippen molar-refractivity contribution in [2.45, 2.75) is 25.9 Å². The molecule has 0 saturated carbocycles. The van der Waals surface area contributed by atoms with Crippen LogP contribution in [0.25, 0.3) is 5.69 Å². The topological polar surface area (TPSA) is 88.8 Å². The smallest absolute Gasteiger partial charge is 0.191 e. The highest BCUT2D eigenvalue weighted by atomic mass is 16.5. The Morgan fingerprint density at radius 3 is 2.48 bits per heavy atom. The summed E-state index contributed by atoms with van der Waals surface area (Å²) in [5, 5.41) is 11.1. The van der Waals surface area contributed by atoms with E-state index in [-0.39, 0.29) is 0 Å². The highest BCUT2D eigenvalue weighted by Gasteiger charge is 2.24. The molecule has 1 unspecified atom stereocenters. The number of methoxy groups -OCH3 is 2. The van der Waals surface area contributed by atoms with Crippen molar-refractivity contribution in [2.24, 2.45) is 4.99 Å². The van der Waals surface area contributed by atoms with Crippen LogP contribution in [0.1, 0.15) is 18.9 Å². The van der Waals surface area contributed by atoms with E-state index in [4.69, 9.17) is 14.5 Å². The molecule has 3 aromatic rings. The van der Waals surface area contributed by atoms with Crippen molar-refractivity contribution in [3.8, 4) is 17.2 Å².